The second kappa shape index (κ2) is 9.39. The van der Waals surface area contributed by atoms with Gasteiger partial charge in [0.1, 0.15) is 0 Å². The van der Waals surface area contributed by atoms with Gasteiger partial charge in [0.25, 0.3) is 0 Å². The van der Waals surface area contributed by atoms with E-state index in [4.69, 9.17) is 5.73 Å². The molecule has 8 rings (SSSR count). The molecule has 2 N–H and O–H groups in total. The summed E-state index contributed by atoms with van der Waals surface area (Å²) in [6.07, 6.45) is 3.08. The van der Waals surface area contributed by atoms with Crippen LogP contribution in [0.15, 0.2) is 140 Å². The van der Waals surface area contributed by atoms with Gasteiger partial charge in [-0.3, -0.25) is 0 Å². The first-order valence-electron chi connectivity index (χ1n) is 14.1. The van der Waals surface area contributed by atoms with Crippen LogP contribution in [0.5, 0.6) is 0 Å². The fraction of sp³-hybridized carbons (Fsp3) is 0.0256. The molecule has 0 amide bonds. The Balaban J connectivity index is 1.23. The lowest BCUT2D eigenvalue weighted by Gasteiger charge is -2.11. The van der Waals surface area contributed by atoms with Crippen LogP contribution in [0.4, 0.5) is 0 Å². The van der Waals surface area contributed by atoms with Crippen LogP contribution in [0, 0.1) is 0 Å². The summed E-state index contributed by atoms with van der Waals surface area (Å²) in [5.41, 5.74) is 21.1. The predicted molar refractivity (Wildman–Crippen MR) is 173 cm³/mol. The molecule has 2 heteroatoms. The molecule has 0 atom stereocenters. The number of nitrogens with two attached hydrogens (primary N) is 1. The van der Waals surface area contributed by atoms with E-state index in [0.717, 1.165) is 23.4 Å². The Morgan fingerprint density at radius 3 is 2.27 bits per heavy atom. The summed E-state index contributed by atoms with van der Waals surface area (Å²) >= 11 is 0. The van der Waals surface area contributed by atoms with Crippen molar-refractivity contribution in [1.82, 2.24) is 4.57 Å². The zero-order chi connectivity index (χ0) is 27.3. The molecule has 41 heavy (non-hydrogen) atoms. The summed E-state index contributed by atoms with van der Waals surface area (Å²) in [6.45, 7) is 0. The number of nitrogens with zero attached hydrogens (tertiary/aromatic N) is 1. The van der Waals surface area contributed by atoms with Gasteiger partial charge >= 0.3 is 0 Å². The zero-order valence-corrected chi connectivity index (χ0v) is 22.6. The smallest absolute Gasteiger partial charge is 0.0541 e. The van der Waals surface area contributed by atoms with E-state index in [1.165, 1.54) is 60.8 Å². The second-order valence-corrected chi connectivity index (χ2v) is 10.8. The van der Waals surface area contributed by atoms with Gasteiger partial charge in [0, 0.05) is 22.2 Å². The third-order valence-electron chi connectivity index (χ3n) is 8.42. The van der Waals surface area contributed by atoms with Crippen molar-refractivity contribution in [3.8, 4) is 27.9 Å². The number of para-hydroxylation sites is 1. The van der Waals surface area contributed by atoms with Gasteiger partial charge in [-0.05, 0) is 87.3 Å². The van der Waals surface area contributed by atoms with E-state index in [9.17, 15) is 0 Å². The minimum Gasteiger partial charge on any atom is -0.398 e. The zero-order valence-electron chi connectivity index (χ0n) is 22.6. The quantitative estimate of drug-likeness (QED) is 0.228. The molecule has 6 aromatic carbocycles. The molecule has 0 radical (unpaired) electrons. The third-order valence-corrected chi connectivity index (χ3v) is 8.42. The van der Waals surface area contributed by atoms with Gasteiger partial charge in [0.2, 0.25) is 0 Å². The number of benzene rings is 6. The lowest BCUT2D eigenvalue weighted by Crippen LogP contribution is -2.00. The van der Waals surface area contributed by atoms with Crippen molar-refractivity contribution in [2.45, 2.75) is 6.42 Å². The SMILES string of the molecule is N/C(=C\c1cccc2c1Cc1ccccc1-2)c1cccc(-n2c3ccccc3c3cc(-c4ccccc4)ccc32)c1. The van der Waals surface area contributed by atoms with E-state index in [1.54, 1.807) is 0 Å². The molecular weight excluding hydrogens is 496 g/mol. The highest BCUT2D eigenvalue weighted by Crippen LogP contribution is 2.39. The monoisotopic (exact) mass is 524 g/mol. The average molecular weight is 525 g/mol. The highest BCUT2D eigenvalue weighted by atomic mass is 15.0. The molecule has 0 aliphatic heterocycles. The van der Waals surface area contributed by atoms with Crippen molar-refractivity contribution >= 4 is 33.6 Å². The maximum absolute atomic E-state index is 6.81. The fourth-order valence-electron chi connectivity index (χ4n) is 6.45. The summed E-state index contributed by atoms with van der Waals surface area (Å²) in [5.74, 6) is 0. The second-order valence-electron chi connectivity index (χ2n) is 10.8. The van der Waals surface area contributed by atoms with Crippen LogP contribution in [0.25, 0.3) is 61.5 Å². The standard InChI is InChI=1S/C39H28N2/c40-37(25-29-13-9-18-33-32-16-5-4-12-28(32)24-35(29)33)30-14-8-15-31(22-30)41-38-19-7-6-17-34(38)36-23-27(20-21-39(36)41)26-10-2-1-3-11-26/h1-23,25H,24,40H2/b37-25-. The van der Waals surface area contributed by atoms with Gasteiger partial charge in [-0.1, -0.05) is 109 Å². The van der Waals surface area contributed by atoms with Crippen LogP contribution >= 0.6 is 0 Å². The lowest BCUT2D eigenvalue weighted by molar-refractivity contribution is 1.18. The maximum atomic E-state index is 6.81. The van der Waals surface area contributed by atoms with Gasteiger partial charge in [-0.2, -0.15) is 0 Å². The molecule has 0 fully saturated rings. The Morgan fingerprint density at radius 1 is 0.585 bits per heavy atom. The maximum Gasteiger partial charge on any atom is 0.0541 e. The van der Waals surface area contributed by atoms with Crippen LogP contribution in [0.1, 0.15) is 22.3 Å². The molecule has 0 unspecified atom stereocenters. The summed E-state index contributed by atoms with van der Waals surface area (Å²) in [5, 5.41) is 2.49. The van der Waals surface area contributed by atoms with Crippen molar-refractivity contribution < 1.29 is 0 Å². The van der Waals surface area contributed by atoms with E-state index >= 15 is 0 Å². The lowest BCUT2D eigenvalue weighted by atomic mass is 9.99. The van der Waals surface area contributed by atoms with E-state index in [1.807, 2.05) is 0 Å². The predicted octanol–water partition coefficient (Wildman–Crippen LogP) is 9.48. The molecule has 0 spiro atoms. The molecule has 0 saturated heterocycles. The van der Waals surface area contributed by atoms with E-state index < -0.39 is 0 Å². The summed E-state index contributed by atoms with van der Waals surface area (Å²) in [6, 6.07) is 49.8. The van der Waals surface area contributed by atoms with Gasteiger partial charge in [0.05, 0.1) is 11.0 Å². The number of aromatic nitrogens is 1. The Labute approximate surface area is 239 Å². The molecule has 1 heterocycles. The van der Waals surface area contributed by atoms with Crippen LogP contribution in [-0.4, -0.2) is 4.57 Å². The number of hydrogen-bond donors (Lipinski definition) is 1. The first-order chi connectivity index (χ1) is 20.2. The molecular formula is C39H28N2. The Kier molecular flexibility index (Phi) is 5.39. The van der Waals surface area contributed by atoms with Crippen LogP contribution < -0.4 is 5.73 Å². The third kappa shape index (κ3) is 3.88. The van der Waals surface area contributed by atoms with Gasteiger partial charge in [0.15, 0.2) is 0 Å². The van der Waals surface area contributed by atoms with Crippen molar-refractivity contribution in [2.24, 2.45) is 5.73 Å². The summed E-state index contributed by atoms with van der Waals surface area (Å²) in [4.78, 5) is 0. The van der Waals surface area contributed by atoms with Gasteiger partial charge < -0.3 is 10.3 Å². The van der Waals surface area contributed by atoms with E-state index in [-0.39, 0.29) is 0 Å². The molecule has 0 bridgehead atoms. The highest BCUT2D eigenvalue weighted by Gasteiger charge is 2.20. The molecule has 7 aromatic rings. The summed E-state index contributed by atoms with van der Waals surface area (Å²) in [7, 11) is 0. The largest absolute Gasteiger partial charge is 0.398 e. The minimum atomic E-state index is 0.767. The van der Waals surface area contributed by atoms with Crippen molar-refractivity contribution in [3.05, 3.63) is 162 Å². The number of fused-ring (bicyclic) bond motifs is 6. The fourth-order valence-corrected chi connectivity index (χ4v) is 6.45. The summed E-state index contributed by atoms with van der Waals surface area (Å²) < 4.78 is 2.35. The van der Waals surface area contributed by atoms with Crippen LogP contribution in [0.3, 0.4) is 0 Å². The topological polar surface area (TPSA) is 30.9 Å². The number of rotatable bonds is 4. The Morgan fingerprint density at radius 2 is 1.34 bits per heavy atom. The normalized spacial score (nSPS) is 12.5. The molecule has 194 valence electrons. The van der Waals surface area contributed by atoms with Crippen molar-refractivity contribution in [3.63, 3.8) is 0 Å². The first kappa shape index (κ1) is 23.5. The average Bonchev–Trinajstić information content (AvgIpc) is 3.58. The number of hydrogen-bond acceptors (Lipinski definition) is 1. The first-order valence-corrected chi connectivity index (χ1v) is 14.1. The Hall–Kier alpha value is -5.34. The molecule has 1 aliphatic rings. The van der Waals surface area contributed by atoms with Crippen molar-refractivity contribution in [1.29, 1.82) is 0 Å². The van der Waals surface area contributed by atoms with Crippen LogP contribution in [0.2, 0.25) is 0 Å². The van der Waals surface area contributed by atoms with E-state index in [0.29, 0.717) is 0 Å². The molecule has 0 saturated carbocycles. The van der Waals surface area contributed by atoms with Gasteiger partial charge in [-0.25, -0.2) is 0 Å². The molecule has 2 nitrogen and oxygen atoms in total. The Bertz CT molecular complexity index is 2130. The highest BCUT2D eigenvalue weighted by molar-refractivity contribution is 6.10. The van der Waals surface area contributed by atoms with E-state index in [2.05, 4.69) is 150 Å². The van der Waals surface area contributed by atoms with Crippen molar-refractivity contribution in [2.75, 3.05) is 0 Å². The van der Waals surface area contributed by atoms with Crippen LogP contribution in [-0.2, 0) is 6.42 Å². The molecule has 1 aromatic heterocycles. The molecule has 1 aliphatic carbocycles. The minimum absolute atomic E-state index is 0.767. The van der Waals surface area contributed by atoms with Gasteiger partial charge in [-0.15, -0.1) is 0 Å².